The van der Waals surface area contributed by atoms with E-state index in [1.54, 1.807) is 0 Å². The van der Waals surface area contributed by atoms with Gasteiger partial charge in [-0.3, -0.25) is 28.6 Å². The molecule has 0 aromatic rings. The molecule has 28 heavy (non-hydrogen) atoms. The van der Waals surface area contributed by atoms with E-state index in [1.165, 1.54) is 0 Å². The minimum Gasteiger partial charge on any atom is -0.394 e. The van der Waals surface area contributed by atoms with Crippen LogP contribution in [0.1, 0.15) is 0 Å². The van der Waals surface area contributed by atoms with E-state index in [1.807, 2.05) is 0 Å². The van der Waals surface area contributed by atoms with Crippen LogP contribution in [-0.2, 0) is 28.6 Å². The number of rotatable bonds is 15. The highest BCUT2D eigenvalue weighted by Crippen LogP contribution is 2.07. The van der Waals surface area contributed by atoms with Crippen LogP contribution in [0, 0.1) is 0 Å². The van der Waals surface area contributed by atoms with Gasteiger partial charge in [0, 0.05) is 0 Å². The predicted octanol–water partition coefficient (Wildman–Crippen LogP) is -2.21. The van der Waals surface area contributed by atoms with E-state index in [2.05, 4.69) is 19.7 Å². The van der Waals surface area contributed by atoms with Crippen LogP contribution in [0.15, 0.2) is 38.0 Å². The second-order valence-electron chi connectivity index (χ2n) is 4.71. The fourth-order valence-electron chi connectivity index (χ4n) is 1.59. The van der Waals surface area contributed by atoms with Crippen LogP contribution in [0.25, 0.3) is 0 Å². The van der Waals surface area contributed by atoms with Crippen molar-refractivity contribution < 1.29 is 44.0 Å². The van der Waals surface area contributed by atoms with Crippen molar-refractivity contribution in [2.24, 2.45) is 0 Å². The van der Waals surface area contributed by atoms with Crippen LogP contribution < -0.4 is 0 Å². The van der Waals surface area contributed by atoms with Gasteiger partial charge in [0.1, 0.15) is 0 Å². The molecule has 0 aliphatic heterocycles. The molecule has 0 heterocycles. The van der Waals surface area contributed by atoms with Gasteiger partial charge in [-0.25, -0.2) is 15.2 Å². The summed E-state index contributed by atoms with van der Waals surface area (Å²) in [4.78, 5) is 35.5. The fourth-order valence-corrected chi connectivity index (χ4v) is 1.59. The first-order chi connectivity index (χ1) is 13.4. The van der Waals surface area contributed by atoms with E-state index in [4.69, 9.17) is 29.6 Å². The quantitative estimate of drug-likeness (QED) is 0.158. The number of hydrogen-bond acceptors (Lipinski definition) is 9. The van der Waals surface area contributed by atoms with Crippen LogP contribution in [0.4, 0.5) is 0 Å². The molecule has 156 valence electrons. The molecule has 0 spiro atoms. The van der Waals surface area contributed by atoms with Crippen molar-refractivity contribution in [1.82, 2.24) is 15.2 Å². The molecule has 3 N–H and O–H groups in total. The lowest BCUT2D eigenvalue weighted by Gasteiger charge is -2.29. The number of aliphatic hydroxyl groups excluding tert-OH is 3. The summed E-state index contributed by atoms with van der Waals surface area (Å²) in [6.45, 7) is 7.39. The maximum Gasteiger partial charge on any atom is 0.708 e. The maximum atomic E-state index is 11.8. The molecule has 0 saturated carbocycles. The molecule has 13 heteroatoms. The topological polar surface area (TPSA) is 149 Å². The summed E-state index contributed by atoms with van der Waals surface area (Å²) >= 11 is 0. The molecular formula is C15H24BN3O9. The van der Waals surface area contributed by atoms with E-state index >= 15 is 0 Å². The molecule has 0 saturated heterocycles. The van der Waals surface area contributed by atoms with Gasteiger partial charge in [0.15, 0.2) is 0 Å². The zero-order chi connectivity index (χ0) is 21.5. The summed E-state index contributed by atoms with van der Waals surface area (Å²) < 4.78 is 15.5. The predicted molar refractivity (Wildman–Crippen MR) is 96.0 cm³/mol. The number of carbonyl (C=O) groups is 3. The van der Waals surface area contributed by atoms with Crippen molar-refractivity contribution in [2.75, 3.05) is 39.5 Å². The van der Waals surface area contributed by atoms with E-state index < -0.39 is 44.9 Å². The number of amides is 3. The number of hydroxylamine groups is 6. The van der Waals surface area contributed by atoms with E-state index in [0.717, 1.165) is 18.2 Å². The van der Waals surface area contributed by atoms with Crippen LogP contribution in [-0.4, -0.2) is 95.0 Å². The lowest BCUT2D eigenvalue weighted by molar-refractivity contribution is -0.212. The largest absolute Gasteiger partial charge is 0.708 e. The van der Waals surface area contributed by atoms with Crippen LogP contribution in [0.5, 0.6) is 0 Å². The summed E-state index contributed by atoms with van der Waals surface area (Å²) in [5.74, 6) is -2.34. The molecule has 12 nitrogen and oxygen atoms in total. The number of hydrogen-bond donors (Lipinski definition) is 3. The molecule has 0 atom stereocenters. The lowest BCUT2D eigenvalue weighted by atomic mass is 10.2. The number of carbonyl (C=O) groups excluding carboxylic acids is 3. The first-order valence-corrected chi connectivity index (χ1v) is 8.03. The highest BCUT2D eigenvalue weighted by atomic mass is 16.9. The third-order valence-electron chi connectivity index (χ3n) is 2.81. The van der Waals surface area contributed by atoms with Gasteiger partial charge in [-0.05, 0) is 18.2 Å². The second-order valence-corrected chi connectivity index (χ2v) is 4.71. The van der Waals surface area contributed by atoms with Crippen molar-refractivity contribution in [3.8, 4) is 0 Å². The standard InChI is InChI=1S/C15H24BN3O9/c1-4-13(23)17(7-10-20)26-16(27-18(8-11-21)14(24)5-2)28-19(9-12-22)15(25)6-3/h4-6,20-22H,1-3,7-12H2. The smallest absolute Gasteiger partial charge is 0.394 e. The molecule has 0 aromatic carbocycles. The first-order valence-electron chi connectivity index (χ1n) is 8.03. The molecule has 0 aliphatic carbocycles. The maximum absolute atomic E-state index is 11.8. The van der Waals surface area contributed by atoms with Gasteiger partial charge in [-0.2, -0.15) is 0 Å². The third-order valence-corrected chi connectivity index (χ3v) is 2.81. The normalized spacial score (nSPS) is 9.96. The van der Waals surface area contributed by atoms with E-state index in [-0.39, 0.29) is 19.6 Å². The Labute approximate surface area is 162 Å². The van der Waals surface area contributed by atoms with Gasteiger partial charge in [-0.15, -0.1) is 0 Å². The monoisotopic (exact) mass is 401 g/mol. The van der Waals surface area contributed by atoms with Crippen molar-refractivity contribution in [2.45, 2.75) is 0 Å². The molecule has 0 aliphatic rings. The Hall–Kier alpha value is -2.55. The van der Waals surface area contributed by atoms with Gasteiger partial charge in [0.05, 0.1) is 39.5 Å². The van der Waals surface area contributed by atoms with Crippen LogP contribution in [0.2, 0.25) is 0 Å². The molecule has 0 fully saturated rings. The Kier molecular flexibility index (Phi) is 13.2. The minimum absolute atomic E-state index is 0.321. The van der Waals surface area contributed by atoms with Gasteiger partial charge in [-0.1, -0.05) is 19.7 Å². The Balaban J connectivity index is 5.63. The summed E-state index contributed by atoms with van der Waals surface area (Å²) in [6, 6.07) is 0. The summed E-state index contributed by atoms with van der Waals surface area (Å²) in [6.07, 6.45) is 2.65. The lowest BCUT2D eigenvalue weighted by Crippen LogP contribution is -2.50. The van der Waals surface area contributed by atoms with Crippen LogP contribution >= 0.6 is 0 Å². The van der Waals surface area contributed by atoms with Crippen molar-refractivity contribution in [1.29, 1.82) is 0 Å². The molecule has 0 rings (SSSR count). The Morgan fingerprint density at radius 2 is 0.929 bits per heavy atom. The molecule has 0 bridgehead atoms. The highest BCUT2D eigenvalue weighted by molar-refractivity contribution is 6.36. The summed E-state index contributed by atoms with van der Waals surface area (Å²) in [7, 11) is -1.92. The molecule has 3 amide bonds. The Morgan fingerprint density at radius 3 is 1.11 bits per heavy atom. The number of nitrogens with zero attached hydrogens (tertiary/aromatic N) is 3. The van der Waals surface area contributed by atoms with Gasteiger partial charge in [0.25, 0.3) is 17.7 Å². The zero-order valence-corrected chi connectivity index (χ0v) is 15.3. The Bertz CT molecular complexity index is 485. The van der Waals surface area contributed by atoms with Gasteiger partial charge < -0.3 is 15.3 Å². The van der Waals surface area contributed by atoms with E-state index in [0.29, 0.717) is 15.2 Å². The second kappa shape index (κ2) is 14.5. The number of aliphatic hydroxyl groups is 3. The third kappa shape index (κ3) is 8.90. The van der Waals surface area contributed by atoms with E-state index in [9.17, 15) is 14.4 Å². The molecule has 0 aromatic heterocycles. The summed E-state index contributed by atoms with van der Waals surface area (Å²) in [5.41, 5.74) is 0. The average molecular weight is 401 g/mol. The van der Waals surface area contributed by atoms with Gasteiger partial charge >= 0.3 is 7.32 Å². The van der Waals surface area contributed by atoms with Crippen molar-refractivity contribution in [3.63, 3.8) is 0 Å². The average Bonchev–Trinajstić information content (AvgIpc) is 2.70. The van der Waals surface area contributed by atoms with Crippen molar-refractivity contribution in [3.05, 3.63) is 38.0 Å². The Morgan fingerprint density at radius 1 is 0.679 bits per heavy atom. The SMILES string of the molecule is C=CC(=O)N(CCO)OB(ON(CCO)C(=O)C=C)ON(CCO)C(=O)C=C. The van der Waals surface area contributed by atoms with Gasteiger partial charge in [0.2, 0.25) is 0 Å². The van der Waals surface area contributed by atoms with Crippen LogP contribution in [0.3, 0.4) is 0 Å². The fraction of sp³-hybridized carbons (Fsp3) is 0.400. The highest BCUT2D eigenvalue weighted by Gasteiger charge is 2.36. The molecule has 0 unspecified atom stereocenters. The van der Waals surface area contributed by atoms with Crippen molar-refractivity contribution >= 4 is 25.0 Å². The first kappa shape index (κ1) is 25.5. The zero-order valence-electron chi connectivity index (χ0n) is 15.3. The molecule has 0 radical (unpaired) electrons. The minimum atomic E-state index is -1.92. The summed E-state index contributed by atoms with van der Waals surface area (Å²) in [5, 5.41) is 29.0. The molecular weight excluding hydrogens is 377 g/mol.